The molecule has 5 heteroatoms. The summed E-state index contributed by atoms with van der Waals surface area (Å²) in [5.41, 5.74) is 6.39. The number of alkyl halides is 1. The summed E-state index contributed by atoms with van der Waals surface area (Å²) in [5, 5.41) is 19.1. The molecule has 0 fully saturated rings. The minimum absolute atomic E-state index is 0.296. The van der Waals surface area contributed by atoms with E-state index < -0.39 is 12.2 Å². The Morgan fingerprint density at radius 1 is 1.54 bits per heavy atom. The summed E-state index contributed by atoms with van der Waals surface area (Å²) in [4.78, 5) is 3.90. The number of aromatic nitrogens is 1. The number of nitrogen functional groups attached to an aromatic ring is 1. The van der Waals surface area contributed by atoms with Crippen molar-refractivity contribution < 1.29 is 10.2 Å². The second-order valence-corrected chi connectivity index (χ2v) is 3.33. The topological polar surface area (TPSA) is 79.4 Å². The van der Waals surface area contributed by atoms with Crippen molar-refractivity contribution in [2.45, 2.75) is 12.2 Å². The van der Waals surface area contributed by atoms with E-state index in [0.29, 0.717) is 16.7 Å². The minimum atomic E-state index is -0.997. The zero-order valence-electron chi connectivity index (χ0n) is 6.89. The van der Waals surface area contributed by atoms with Crippen LogP contribution in [0.1, 0.15) is 11.8 Å². The lowest BCUT2D eigenvalue weighted by Gasteiger charge is -2.14. The Morgan fingerprint density at radius 3 is 2.77 bits per heavy atom. The zero-order valence-corrected chi connectivity index (χ0v) is 8.48. The molecule has 13 heavy (non-hydrogen) atoms. The average Bonchev–Trinajstić information content (AvgIpc) is 2.15. The maximum absolute atomic E-state index is 9.52. The molecule has 0 radical (unpaired) electrons. The van der Waals surface area contributed by atoms with E-state index in [2.05, 4.69) is 20.9 Å². The van der Waals surface area contributed by atoms with E-state index in [4.69, 9.17) is 5.73 Å². The van der Waals surface area contributed by atoms with Crippen LogP contribution < -0.4 is 5.73 Å². The Bertz CT molecular complexity index is 283. The van der Waals surface area contributed by atoms with Gasteiger partial charge in [0.05, 0.1) is 11.8 Å². The molecule has 1 aromatic rings. The van der Waals surface area contributed by atoms with Gasteiger partial charge in [0.2, 0.25) is 0 Å². The van der Waals surface area contributed by atoms with Gasteiger partial charge in [-0.15, -0.1) is 0 Å². The fourth-order valence-corrected chi connectivity index (χ4v) is 1.26. The lowest BCUT2D eigenvalue weighted by atomic mass is 10.1. The third-order valence-electron chi connectivity index (χ3n) is 1.63. The number of rotatable bonds is 3. The lowest BCUT2D eigenvalue weighted by Crippen LogP contribution is -2.20. The van der Waals surface area contributed by atoms with Crippen molar-refractivity contribution in [1.82, 2.24) is 4.98 Å². The number of halogens is 1. The van der Waals surface area contributed by atoms with Gasteiger partial charge in [-0.25, -0.2) is 0 Å². The maximum atomic E-state index is 9.52. The van der Waals surface area contributed by atoms with Crippen molar-refractivity contribution in [1.29, 1.82) is 0 Å². The summed E-state index contributed by atoms with van der Waals surface area (Å²) in [6.07, 6.45) is -0.369. The first-order valence-corrected chi connectivity index (χ1v) is 4.91. The van der Waals surface area contributed by atoms with E-state index in [1.807, 2.05) is 0 Å². The highest BCUT2D eigenvalue weighted by Crippen LogP contribution is 2.17. The number of nitrogens with zero attached hydrogens (tertiary/aromatic N) is 1. The second kappa shape index (κ2) is 4.55. The molecular formula is C8H11BrN2O2. The molecule has 1 heterocycles. The quantitative estimate of drug-likeness (QED) is 0.677. The van der Waals surface area contributed by atoms with Crippen LogP contribution >= 0.6 is 15.9 Å². The molecule has 2 unspecified atom stereocenters. The predicted molar refractivity (Wildman–Crippen MR) is 53.4 cm³/mol. The van der Waals surface area contributed by atoms with Crippen LogP contribution in [-0.2, 0) is 0 Å². The van der Waals surface area contributed by atoms with E-state index in [1.165, 1.54) is 12.3 Å². The van der Waals surface area contributed by atoms with Crippen molar-refractivity contribution in [2.24, 2.45) is 0 Å². The molecular weight excluding hydrogens is 236 g/mol. The maximum Gasteiger partial charge on any atom is 0.123 e. The molecule has 0 spiro atoms. The molecule has 0 bridgehead atoms. The van der Waals surface area contributed by atoms with E-state index in [0.717, 1.165) is 0 Å². The Balaban J connectivity index is 2.82. The third kappa shape index (κ3) is 2.65. The van der Waals surface area contributed by atoms with Crippen molar-refractivity contribution in [3.05, 3.63) is 24.0 Å². The van der Waals surface area contributed by atoms with Crippen LogP contribution in [0, 0.1) is 0 Å². The average molecular weight is 247 g/mol. The van der Waals surface area contributed by atoms with Crippen LogP contribution in [0.25, 0.3) is 0 Å². The molecule has 1 rings (SSSR count). The molecule has 0 aromatic carbocycles. The number of hydrogen-bond donors (Lipinski definition) is 3. The summed E-state index contributed by atoms with van der Waals surface area (Å²) >= 11 is 3.06. The monoisotopic (exact) mass is 246 g/mol. The highest BCUT2D eigenvalue weighted by atomic mass is 79.9. The Hall–Kier alpha value is -0.650. The van der Waals surface area contributed by atoms with Crippen LogP contribution in [0.4, 0.5) is 5.69 Å². The summed E-state index contributed by atoms with van der Waals surface area (Å²) < 4.78 is 0. The van der Waals surface area contributed by atoms with Gasteiger partial charge in [0.25, 0.3) is 0 Å². The SMILES string of the molecule is Nc1ccnc(C(O)C(O)CBr)c1. The van der Waals surface area contributed by atoms with Crippen LogP contribution in [0.5, 0.6) is 0 Å². The summed E-state index contributed by atoms with van der Waals surface area (Å²) in [5.74, 6) is 0. The fraction of sp³-hybridized carbons (Fsp3) is 0.375. The number of pyridine rings is 1. The Kier molecular flexibility index (Phi) is 3.65. The molecule has 0 amide bonds. The van der Waals surface area contributed by atoms with Gasteiger partial charge in [0.15, 0.2) is 0 Å². The Labute approximate surface area is 84.5 Å². The van der Waals surface area contributed by atoms with Crippen LogP contribution in [0.3, 0.4) is 0 Å². The molecule has 0 aliphatic carbocycles. The van der Waals surface area contributed by atoms with Gasteiger partial charge in [-0.1, -0.05) is 15.9 Å². The first kappa shape index (κ1) is 10.4. The van der Waals surface area contributed by atoms with Gasteiger partial charge < -0.3 is 15.9 Å². The summed E-state index contributed by atoms with van der Waals surface area (Å²) in [7, 11) is 0. The van der Waals surface area contributed by atoms with Gasteiger partial charge in [-0.05, 0) is 12.1 Å². The van der Waals surface area contributed by atoms with Crippen LogP contribution in [0.2, 0.25) is 0 Å². The van der Waals surface area contributed by atoms with E-state index in [9.17, 15) is 10.2 Å². The summed E-state index contributed by atoms with van der Waals surface area (Å²) in [6.45, 7) is 0. The van der Waals surface area contributed by atoms with Crippen molar-refractivity contribution in [2.75, 3.05) is 11.1 Å². The molecule has 0 aliphatic heterocycles. The normalized spacial score (nSPS) is 15.3. The van der Waals surface area contributed by atoms with E-state index in [-0.39, 0.29) is 0 Å². The Morgan fingerprint density at radius 2 is 2.23 bits per heavy atom. The van der Waals surface area contributed by atoms with Crippen LogP contribution in [-0.4, -0.2) is 26.6 Å². The van der Waals surface area contributed by atoms with E-state index >= 15 is 0 Å². The third-order valence-corrected chi connectivity index (χ3v) is 2.29. The number of anilines is 1. The van der Waals surface area contributed by atoms with Crippen molar-refractivity contribution in [3.63, 3.8) is 0 Å². The molecule has 2 atom stereocenters. The first-order valence-electron chi connectivity index (χ1n) is 3.78. The van der Waals surface area contributed by atoms with Crippen LogP contribution in [0.15, 0.2) is 18.3 Å². The highest BCUT2D eigenvalue weighted by Gasteiger charge is 2.18. The molecule has 72 valence electrons. The molecule has 4 nitrogen and oxygen atoms in total. The predicted octanol–water partition coefficient (Wildman–Crippen LogP) is 0.453. The van der Waals surface area contributed by atoms with Crippen molar-refractivity contribution >= 4 is 21.6 Å². The standard InChI is InChI=1S/C8H11BrN2O2/c9-4-7(12)8(13)6-3-5(10)1-2-11-6/h1-3,7-8,12-13H,4H2,(H2,10,11). The van der Waals surface area contributed by atoms with Gasteiger partial charge in [0.1, 0.15) is 6.10 Å². The summed E-state index contributed by atoms with van der Waals surface area (Å²) in [6, 6.07) is 3.16. The molecule has 4 N–H and O–H groups in total. The molecule has 0 saturated heterocycles. The van der Waals surface area contributed by atoms with Gasteiger partial charge >= 0.3 is 0 Å². The highest BCUT2D eigenvalue weighted by molar-refractivity contribution is 9.09. The number of nitrogens with two attached hydrogens (primary N) is 1. The largest absolute Gasteiger partial charge is 0.399 e. The van der Waals surface area contributed by atoms with Gasteiger partial charge in [-0.2, -0.15) is 0 Å². The zero-order chi connectivity index (χ0) is 9.84. The lowest BCUT2D eigenvalue weighted by molar-refractivity contribution is 0.0316. The fourth-order valence-electron chi connectivity index (χ4n) is 0.909. The van der Waals surface area contributed by atoms with Crippen molar-refractivity contribution in [3.8, 4) is 0 Å². The molecule has 0 aliphatic rings. The second-order valence-electron chi connectivity index (χ2n) is 2.68. The van der Waals surface area contributed by atoms with Gasteiger partial charge in [0, 0.05) is 17.2 Å². The number of hydrogen-bond acceptors (Lipinski definition) is 4. The van der Waals surface area contributed by atoms with E-state index in [1.54, 1.807) is 6.07 Å². The number of aliphatic hydroxyl groups is 2. The molecule has 1 aromatic heterocycles. The smallest absolute Gasteiger partial charge is 0.123 e. The molecule has 0 saturated carbocycles. The first-order chi connectivity index (χ1) is 6.15. The number of aliphatic hydroxyl groups excluding tert-OH is 2. The minimum Gasteiger partial charge on any atom is -0.399 e. The van der Waals surface area contributed by atoms with Gasteiger partial charge in [-0.3, -0.25) is 4.98 Å².